The number of hydrogen-bond acceptors (Lipinski definition) is 8. The molecule has 0 aliphatic carbocycles. The molecule has 0 heterocycles. The van der Waals surface area contributed by atoms with Crippen molar-refractivity contribution in [1.82, 2.24) is 10.2 Å². The van der Waals surface area contributed by atoms with Crippen LogP contribution in [0.1, 0.15) is 64.2 Å². The molecule has 12 heteroatoms. The number of rotatable bonds is 20. The number of carbonyl (C=O) groups excluding carboxylic acids is 3. The SMILES string of the molecule is NCCCCCCCN(CC(=O)N[C@@H](CCCCN)COC(=O)O)C(=O)[C@H](N)CCC(N)=O. The summed E-state index contributed by atoms with van der Waals surface area (Å²) < 4.78 is 4.61. The van der Waals surface area contributed by atoms with E-state index in [1.54, 1.807) is 0 Å². The number of nitrogens with two attached hydrogens (primary N) is 4. The first kappa shape index (κ1) is 30.6. The third-order valence-corrected chi connectivity index (χ3v) is 5.08. The van der Waals surface area contributed by atoms with Gasteiger partial charge in [-0.1, -0.05) is 25.7 Å². The summed E-state index contributed by atoms with van der Waals surface area (Å²) in [6, 6.07) is -1.48. The lowest BCUT2D eigenvalue weighted by molar-refractivity contribution is -0.137. The van der Waals surface area contributed by atoms with Crippen LogP contribution in [0.15, 0.2) is 0 Å². The average Bonchev–Trinajstić information content (AvgIpc) is 2.76. The predicted octanol–water partition coefficient (Wildman–Crippen LogP) is -0.375. The number of nitrogens with zero attached hydrogens (tertiary/aromatic N) is 1. The van der Waals surface area contributed by atoms with Crippen molar-refractivity contribution in [2.75, 3.05) is 32.8 Å². The van der Waals surface area contributed by atoms with E-state index in [4.69, 9.17) is 28.0 Å². The first-order valence-electron chi connectivity index (χ1n) is 11.6. The van der Waals surface area contributed by atoms with Gasteiger partial charge in [0.15, 0.2) is 0 Å². The summed E-state index contributed by atoms with van der Waals surface area (Å²) in [4.78, 5) is 48.6. The largest absolute Gasteiger partial charge is 0.505 e. The Bertz CT molecular complexity index is 592. The maximum Gasteiger partial charge on any atom is 0.505 e. The van der Waals surface area contributed by atoms with Gasteiger partial charge in [0.25, 0.3) is 0 Å². The molecular weight excluding hydrogens is 432 g/mol. The van der Waals surface area contributed by atoms with E-state index in [1.807, 2.05) is 0 Å². The molecule has 0 rings (SSSR count). The Labute approximate surface area is 195 Å². The molecule has 0 saturated carbocycles. The van der Waals surface area contributed by atoms with Crippen LogP contribution in [0.5, 0.6) is 0 Å². The van der Waals surface area contributed by atoms with E-state index in [0.29, 0.717) is 38.9 Å². The van der Waals surface area contributed by atoms with Crippen LogP contribution in [0.2, 0.25) is 0 Å². The topological polar surface area (TPSA) is 217 Å². The third-order valence-electron chi connectivity index (χ3n) is 5.08. The highest BCUT2D eigenvalue weighted by molar-refractivity contribution is 5.88. The van der Waals surface area contributed by atoms with Crippen LogP contribution in [0.3, 0.4) is 0 Å². The molecule has 33 heavy (non-hydrogen) atoms. The van der Waals surface area contributed by atoms with Crippen molar-refractivity contribution >= 4 is 23.9 Å². The fraction of sp³-hybridized carbons (Fsp3) is 0.810. The van der Waals surface area contributed by atoms with Crippen LogP contribution in [0.4, 0.5) is 4.79 Å². The van der Waals surface area contributed by atoms with Gasteiger partial charge >= 0.3 is 6.16 Å². The van der Waals surface area contributed by atoms with E-state index in [-0.39, 0.29) is 26.0 Å². The van der Waals surface area contributed by atoms with E-state index in [0.717, 1.165) is 32.1 Å². The lowest BCUT2D eigenvalue weighted by Crippen LogP contribution is -2.50. The van der Waals surface area contributed by atoms with Gasteiger partial charge in [0.2, 0.25) is 17.7 Å². The molecule has 0 aliphatic heterocycles. The Morgan fingerprint density at radius 3 is 2.12 bits per heavy atom. The number of carboxylic acid groups (broad SMARTS) is 1. The summed E-state index contributed by atoms with van der Waals surface area (Å²) in [5.74, 6) is -1.43. The number of amides is 3. The molecule has 0 bridgehead atoms. The minimum Gasteiger partial charge on any atom is -0.450 e. The minimum atomic E-state index is -1.43. The second kappa shape index (κ2) is 19.1. The van der Waals surface area contributed by atoms with E-state index in [2.05, 4.69) is 10.1 Å². The van der Waals surface area contributed by atoms with Gasteiger partial charge in [-0.2, -0.15) is 0 Å². The van der Waals surface area contributed by atoms with Crippen LogP contribution in [-0.2, 0) is 19.1 Å². The molecule has 0 aromatic carbocycles. The summed E-state index contributed by atoms with van der Waals surface area (Å²) in [7, 11) is 0. The van der Waals surface area contributed by atoms with Gasteiger partial charge in [0, 0.05) is 13.0 Å². The normalized spacial score (nSPS) is 12.6. The van der Waals surface area contributed by atoms with Crippen molar-refractivity contribution in [1.29, 1.82) is 0 Å². The number of hydrogen-bond donors (Lipinski definition) is 6. The summed E-state index contributed by atoms with van der Waals surface area (Å²) in [5, 5.41) is 11.5. The number of unbranched alkanes of at least 4 members (excludes halogenated alkanes) is 5. The Morgan fingerprint density at radius 1 is 0.909 bits per heavy atom. The van der Waals surface area contributed by atoms with Gasteiger partial charge in [-0.3, -0.25) is 14.4 Å². The zero-order valence-electron chi connectivity index (χ0n) is 19.5. The maximum absolute atomic E-state index is 12.8. The highest BCUT2D eigenvalue weighted by Gasteiger charge is 2.24. The fourth-order valence-electron chi connectivity index (χ4n) is 3.25. The van der Waals surface area contributed by atoms with E-state index >= 15 is 0 Å². The summed E-state index contributed by atoms with van der Waals surface area (Å²) in [5.41, 5.74) is 22.1. The molecule has 0 spiro atoms. The quantitative estimate of drug-likeness (QED) is 0.0999. The van der Waals surface area contributed by atoms with Crippen molar-refractivity contribution in [2.24, 2.45) is 22.9 Å². The molecule has 0 radical (unpaired) electrons. The molecule has 10 N–H and O–H groups in total. The number of nitrogens with one attached hydrogen (secondary N) is 1. The summed E-state index contributed by atoms with van der Waals surface area (Å²) >= 11 is 0. The predicted molar refractivity (Wildman–Crippen MR) is 124 cm³/mol. The van der Waals surface area contributed by atoms with Gasteiger partial charge in [0.1, 0.15) is 6.61 Å². The van der Waals surface area contributed by atoms with E-state index in [9.17, 15) is 19.2 Å². The molecule has 0 unspecified atom stereocenters. The van der Waals surface area contributed by atoms with E-state index < -0.39 is 36.0 Å². The third kappa shape index (κ3) is 16.8. The monoisotopic (exact) mass is 474 g/mol. The average molecular weight is 475 g/mol. The molecule has 0 aromatic rings. The highest BCUT2D eigenvalue weighted by atomic mass is 16.7. The van der Waals surface area contributed by atoms with Crippen LogP contribution in [0, 0.1) is 0 Å². The molecule has 192 valence electrons. The maximum atomic E-state index is 12.8. The molecule has 0 aliphatic rings. The molecular formula is C21H42N6O6. The van der Waals surface area contributed by atoms with Gasteiger partial charge in [-0.25, -0.2) is 4.79 Å². The standard InChI is InChI=1S/C21H42N6O6/c22-11-5-2-1-3-7-13-27(20(30)17(24)9-10-18(25)28)14-19(29)26-16(8-4-6-12-23)15-33-21(31)32/h16-17H,1-15,22-24H2,(H2,25,28)(H,26,29)(H,31,32)/t16-,17+/m0/s1. The molecule has 2 atom stereocenters. The van der Waals surface area contributed by atoms with E-state index in [1.165, 1.54) is 4.90 Å². The summed E-state index contributed by atoms with van der Waals surface area (Å²) in [6.07, 6.45) is 5.00. The molecule has 0 fully saturated rings. The van der Waals surface area contributed by atoms with Crippen molar-refractivity contribution in [3.05, 3.63) is 0 Å². The number of carbonyl (C=O) groups is 4. The van der Waals surface area contributed by atoms with Crippen LogP contribution >= 0.6 is 0 Å². The number of primary amides is 1. The first-order valence-corrected chi connectivity index (χ1v) is 11.6. The fourth-order valence-corrected chi connectivity index (χ4v) is 3.25. The zero-order valence-corrected chi connectivity index (χ0v) is 19.5. The van der Waals surface area contributed by atoms with Crippen molar-refractivity contribution in [3.63, 3.8) is 0 Å². The number of ether oxygens (including phenoxy) is 1. The van der Waals surface area contributed by atoms with Crippen molar-refractivity contribution in [3.8, 4) is 0 Å². The second-order valence-electron chi connectivity index (χ2n) is 8.05. The molecule has 3 amide bonds. The van der Waals surface area contributed by atoms with Gasteiger partial charge in [0.05, 0.1) is 18.6 Å². The lowest BCUT2D eigenvalue weighted by Gasteiger charge is -2.26. The van der Waals surface area contributed by atoms with Crippen LogP contribution < -0.4 is 28.3 Å². The second-order valence-corrected chi connectivity index (χ2v) is 8.05. The van der Waals surface area contributed by atoms with Gasteiger partial charge < -0.3 is 43.0 Å². The Morgan fingerprint density at radius 2 is 1.52 bits per heavy atom. The Balaban J connectivity index is 4.98. The van der Waals surface area contributed by atoms with Gasteiger partial charge in [-0.05, 0) is 45.2 Å². The highest BCUT2D eigenvalue weighted by Crippen LogP contribution is 2.08. The van der Waals surface area contributed by atoms with Crippen molar-refractivity contribution in [2.45, 2.75) is 76.3 Å². The minimum absolute atomic E-state index is 0.0260. The zero-order chi connectivity index (χ0) is 25.1. The smallest absolute Gasteiger partial charge is 0.450 e. The van der Waals surface area contributed by atoms with Crippen LogP contribution in [0.25, 0.3) is 0 Å². The van der Waals surface area contributed by atoms with Gasteiger partial charge in [-0.15, -0.1) is 0 Å². The molecule has 0 aromatic heterocycles. The Kier molecular flexibility index (Phi) is 17.7. The Hall–Kier alpha value is -2.44. The summed E-state index contributed by atoms with van der Waals surface area (Å²) in [6.45, 7) is 1.03. The van der Waals surface area contributed by atoms with Crippen molar-refractivity contribution < 1.29 is 29.0 Å². The van der Waals surface area contributed by atoms with Crippen LogP contribution in [-0.4, -0.2) is 78.8 Å². The first-order chi connectivity index (χ1) is 15.7. The molecule has 12 nitrogen and oxygen atoms in total. The lowest BCUT2D eigenvalue weighted by atomic mass is 10.1. The molecule has 0 saturated heterocycles.